The van der Waals surface area contributed by atoms with Gasteiger partial charge in [0, 0.05) is 37.7 Å². The number of piperazine rings is 1. The molecule has 1 aromatic carbocycles. The van der Waals surface area contributed by atoms with Crippen molar-refractivity contribution in [1.82, 2.24) is 10.2 Å². The number of benzene rings is 1. The summed E-state index contributed by atoms with van der Waals surface area (Å²) in [5.41, 5.74) is 5.11. The number of allylic oxidation sites excluding steroid dienone is 1. The Kier molecular flexibility index (Phi) is 3.92. The van der Waals surface area contributed by atoms with Crippen molar-refractivity contribution in [1.29, 1.82) is 0 Å². The molecule has 9 heteroatoms. The lowest BCUT2D eigenvalue weighted by molar-refractivity contribution is -0.129. The van der Waals surface area contributed by atoms with Gasteiger partial charge in [-0.25, -0.2) is 0 Å². The van der Waals surface area contributed by atoms with E-state index in [-0.39, 0.29) is 23.0 Å². The summed E-state index contributed by atoms with van der Waals surface area (Å²) >= 11 is 0. The maximum absolute atomic E-state index is 13.4. The van der Waals surface area contributed by atoms with Gasteiger partial charge in [0.25, 0.3) is 5.91 Å². The number of hydrogen-bond acceptors (Lipinski definition) is 8. The van der Waals surface area contributed by atoms with E-state index in [2.05, 4.69) is 5.32 Å². The highest BCUT2D eigenvalue weighted by atomic mass is 16.6. The van der Waals surface area contributed by atoms with E-state index in [0.717, 1.165) is 5.56 Å². The predicted octanol–water partition coefficient (Wildman–Crippen LogP) is -0.0559. The molecule has 2 heterocycles. The number of nitrogens with one attached hydrogen (secondary N) is 1. The monoisotopic (exact) mass is 437 g/mol. The minimum absolute atomic E-state index is 0.0917. The smallest absolute Gasteiger partial charge is 0.255 e. The second-order valence-electron chi connectivity index (χ2n) is 9.15. The average Bonchev–Trinajstić information content (AvgIpc) is 3.50. The Morgan fingerprint density at radius 2 is 1.97 bits per heavy atom. The van der Waals surface area contributed by atoms with Crippen molar-refractivity contribution in [3.63, 3.8) is 0 Å². The second kappa shape index (κ2) is 6.43. The topological polar surface area (TPSA) is 145 Å². The fourth-order valence-electron chi connectivity index (χ4n) is 6.24. The molecule has 1 spiro atoms. The van der Waals surface area contributed by atoms with Gasteiger partial charge in [0.05, 0.1) is 11.6 Å². The number of phenolic OH excluding ortho intramolecular Hbond substituents is 1. The lowest BCUT2D eigenvalue weighted by Gasteiger charge is -2.45. The number of aliphatic hydroxyl groups excluding tert-OH is 1. The van der Waals surface area contributed by atoms with Gasteiger partial charge in [0.15, 0.2) is 23.1 Å². The number of aliphatic hydroxyl groups is 1. The van der Waals surface area contributed by atoms with Crippen molar-refractivity contribution in [2.24, 2.45) is 17.6 Å². The van der Waals surface area contributed by atoms with E-state index < -0.39 is 40.6 Å². The Hall–Kier alpha value is -3.17. The van der Waals surface area contributed by atoms with Gasteiger partial charge in [0.1, 0.15) is 11.3 Å². The molecule has 1 amide bonds. The van der Waals surface area contributed by atoms with Crippen molar-refractivity contribution < 1.29 is 29.3 Å². The summed E-state index contributed by atoms with van der Waals surface area (Å²) in [4.78, 5) is 41.0. The molecule has 0 radical (unpaired) electrons. The summed E-state index contributed by atoms with van der Waals surface area (Å²) in [5, 5.41) is 24.6. The van der Waals surface area contributed by atoms with E-state index in [1.54, 1.807) is 6.07 Å². The van der Waals surface area contributed by atoms with Crippen LogP contribution in [0.2, 0.25) is 0 Å². The number of hydrogen-bond donors (Lipinski definition) is 4. The Bertz CT molecular complexity index is 1160. The highest BCUT2D eigenvalue weighted by molar-refractivity contribution is 6.22. The zero-order valence-corrected chi connectivity index (χ0v) is 17.3. The summed E-state index contributed by atoms with van der Waals surface area (Å²) in [6.45, 7) is 2.63. The van der Waals surface area contributed by atoms with E-state index >= 15 is 0 Å². The van der Waals surface area contributed by atoms with Crippen LogP contribution in [0.15, 0.2) is 40.9 Å². The highest BCUT2D eigenvalue weighted by Crippen LogP contribution is 2.64. The van der Waals surface area contributed by atoms with Crippen LogP contribution in [0, 0.1) is 11.8 Å². The van der Waals surface area contributed by atoms with Crippen molar-refractivity contribution in [3.05, 3.63) is 52.0 Å². The number of carbonyl (C=O) groups is 3. The number of fused-ring (bicyclic) bond motifs is 2. The first-order valence-corrected chi connectivity index (χ1v) is 10.9. The first-order valence-electron chi connectivity index (χ1n) is 10.9. The van der Waals surface area contributed by atoms with E-state index in [9.17, 15) is 24.6 Å². The summed E-state index contributed by atoms with van der Waals surface area (Å²) in [7, 11) is 0. The van der Waals surface area contributed by atoms with Crippen molar-refractivity contribution >= 4 is 17.5 Å². The van der Waals surface area contributed by atoms with E-state index in [0.29, 0.717) is 50.4 Å². The molecule has 166 valence electrons. The van der Waals surface area contributed by atoms with Crippen LogP contribution in [0.4, 0.5) is 0 Å². The van der Waals surface area contributed by atoms with Crippen LogP contribution in [0.5, 0.6) is 5.75 Å². The van der Waals surface area contributed by atoms with Gasteiger partial charge in [-0.3, -0.25) is 19.3 Å². The quantitative estimate of drug-likeness (QED) is 0.372. The Balaban J connectivity index is 1.53. The second-order valence-corrected chi connectivity index (χ2v) is 9.15. The number of phenols is 1. The molecule has 5 aliphatic rings. The van der Waals surface area contributed by atoms with Crippen molar-refractivity contribution in [2.45, 2.75) is 24.5 Å². The zero-order valence-electron chi connectivity index (χ0n) is 17.3. The Labute approximate surface area is 183 Å². The minimum Gasteiger partial charge on any atom is -0.507 e. The number of amides is 1. The molecule has 4 atom stereocenters. The number of aromatic hydroxyl groups is 1. The molecule has 6 rings (SSSR count). The van der Waals surface area contributed by atoms with Crippen molar-refractivity contribution in [2.75, 3.05) is 26.2 Å². The Morgan fingerprint density at radius 1 is 1.22 bits per heavy atom. The SMILES string of the molecule is NC(=O)C1=C(O)[C@@]23OC2=C2C(=O)c4c(O)cccc4CC2C[C@H]3C(N2CCNCC2)C1=O. The zero-order chi connectivity index (χ0) is 22.4. The molecule has 32 heavy (non-hydrogen) atoms. The van der Waals surface area contributed by atoms with Crippen LogP contribution < -0.4 is 11.1 Å². The molecule has 2 aliphatic heterocycles. The highest BCUT2D eigenvalue weighted by Gasteiger charge is 2.74. The van der Waals surface area contributed by atoms with E-state index in [1.165, 1.54) is 6.07 Å². The molecular formula is C23H23N3O6. The molecule has 9 nitrogen and oxygen atoms in total. The van der Waals surface area contributed by atoms with Crippen LogP contribution in [0.1, 0.15) is 22.3 Å². The average molecular weight is 437 g/mol. The third-order valence-corrected chi connectivity index (χ3v) is 7.62. The minimum atomic E-state index is -1.38. The third kappa shape index (κ3) is 2.32. The van der Waals surface area contributed by atoms with Gasteiger partial charge in [-0.1, -0.05) is 12.1 Å². The fourth-order valence-corrected chi connectivity index (χ4v) is 6.24. The molecule has 0 bridgehead atoms. The number of rotatable bonds is 2. The first kappa shape index (κ1) is 19.5. The van der Waals surface area contributed by atoms with Crippen molar-refractivity contribution in [3.8, 4) is 5.75 Å². The van der Waals surface area contributed by atoms with Crippen LogP contribution in [0.25, 0.3) is 0 Å². The van der Waals surface area contributed by atoms with E-state index in [1.807, 2.05) is 11.0 Å². The first-order chi connectivity index (χ1) is 15.4. The molecule has 2 saturated heterocycles. The van der Waals surface area contributed by atoms with Gasteiger partial charge < -0.3 is 26.0 Å². The molecule has 3 aliphatic carbocycles. The third-order valence-electron chi connectivity index (χ3n) is 7.62. The van der Waals surface area contributed by atoms with Crippen LogP contribution in [-0.2, 0) is 20.7 Å². The van der Waals surface area contributed by atoms with E-state index in [4.69, 9.17) is 10.5 Å². The van der Waals surface area contributed by atoms with Gasteiger partial charge in [-0.15, -0.1) is 0 Å². The molecule has 0 saturated carbocycles. The number of ether oxygens (including phenoxy) is 1. The number of Topliss-reactive ketones (excluding diaryl/α,β-unsaturated/α-hetero) is 2. The molecule has 2 fully saturated rings. The largest absolute Gasteiger partial charge is 0.507 e. The Morgan fingerprint density at radius 3 is 2.69 bits per heavy atom. The number of epoxide rings is 1. The molecule has 2 unspecified atom stereocenters. The maximum Gasteiger partial charge on any atom is 0.255 e. The number of ketones is 2. The number of primary amides is 1. The van der Waals surface area contributed by atoms with Gasteiger partial charge in [-0.2, -0.15) is 0 Å². The van der Waals surface area contributed by atoms with Crippen LogP contribution in [-0.4, -0.2) is 70.4 Å². The van der Waals surface area contributed by atoms with Crippen LogP contribution >= 0.6 is 0 Å². The number of carbonyl (C=O) groups excluding carboxylic acids is 3. The van der Waals surface area contributed by atoms with Gasteiger partial charge in [-0.05, 0) is 30.4 Å². The van der Waals surface area contributed by atoms with Gasteiger partial charge >= 0.3 is 0 Å². The normalized spacial score (nSPS) is 33.7. The lowest BCUT2D eigenvalue weighted by Crippen LogP contribution is -2.61. The number of nitrogens with two attached hydrogens (primary N) is 1. The maximum atomic E-state index is 13.4. The molecule has 5 N–H and O–H groups in total. The standard InChI is InChI=1S/C23H23N3O6/c24-22(31)16-19(29)17(26-6-4-25-5-7-26)12-9-11-8-10-2-1-3-13(27)14(10)18(28)15(11)21-23(12,32-21)20(16)30/h1-3,11-12,17,25,27,30H,4-9H2,(H2,24,31)/t11?,12-,17?,23+/m0/s1. The van der Waals surface area contributed by atoms with Gasteiger partial charge in [0.2, 0.25) is 5.60 Å². The predicted molar refractivity (Wildman–Crippen MR) is 111 cm³/mol. The molecule has 1 aromatic rings. The summed E-state index contributed by atoms with van der Waals surface area (Å²) < 4.78 is 5.99. The summed E-state index contributed by atoms with van der Waals surface area (Å²) in [6.07, 6.45) is 0.968. The number of nitrogens with zero attached hydrogens (tertiary/aromatic N) is 1. The molecular weight excluding hydrogens is 414 g/mol. The van der Waals surface area contributed by atoms with Crippen LogP contribution in [0.3, 0.4) is 0 Å². The summed E-state index contributed by atoms with van der Waals surface area (Å²) in [6, 6.07) is 4.34. The summed E-state index contributed by atoms with van der Waals surface area (Å²) in [5.74, 6) is -2.72. The lowest BCUT2D eigenvalue weighted by atomic mass is 9.62. The fraction of sp³-hybridized carbons (Fsp3) is 0.435. The molecule has 0 aromatic heterocycles.